The van der Waals surface area contributed by atoms with E-state index in [9.17, 15) is 10.1 Å². The molecule has 1 aromatic heterocycles. The van der Waals surface area contributed by atoms with Crippen molar-refractivity contribution in [1.82, 2.24) is 15.1 Å². The summed E-state index contributed by atoms with van der Waals surface area (Å²) < 4.78 is 0. The fraction of sp³-hybridized carbons (Fsp3) is 0.208. The van der Waals surface area contributed by atoms with Gasteiger partial charge in [-0.25, -0.2) is 4.99 Å². The summed E-state index contributed by atoms with van der Waals surface area (Å²) in [7, 11) is 0. The van der Waals surface area contributed by atoms with E-state index >= 15 is 0 Å². The first kappa shape index (κ1) is 21.9. The van der Waals surface area contributed by atoms with E-state index in [1.54, 1.807) is 6.07 Å². The zero-order valence-corrected chi connectivity index (χ0v) is 19.1. The zero-order valence-electron chi connectivity index (χ0n) is 17.5. The molecule has 1 aliphatic rings. The molecule has 1 saturated heterocycles. The molecule has 2 aromatic carbocycles. The van der Waals surface area contributed by atoms with Crippen LogP contribution in [0.15, 0.2) is 71.0 Å². The van der Waals surface area contributed by atoms with Crippen molar-refractivity contribution in [2.75, 3.05) is 19.6 Å². The van der Waals surface area contributed by atoms with Crippen molar-refractivity contribution in [1.29, 1.82) is 5.26 Å². The van der Waals surface area contributed by atoms with Gasteiger partial charge in [0, 0.05) is 19.6 Å². The van der Waals surface area contributed by atoms with E-state index in [0.29, 0.717) is 35.5 Å². The number of para-hydroxylation sites is 1. The zero-order chi connectivity index (χ0) is 22.5. The number of piperazine rings is 1. The number of halogens is 1. The van der Waals surface area contributed by atoms with Crippen LogP contribution in [0.1, 0.15) is 26.8 Å². The van der Waals surface area contributed by atoms with Crippen LogP contribution in [0.5, 0.6) is 0 Å². The number of hydrogen-bond acceptors (Lipinski definition) is 4. The van der Waals surface area contributed by atoms with E-state index in [2.05, 4.69) is 5.32 Å². The third-order valence-corrected chi connectivity index (χ3v) is 6.78. The highest BCUT2D eigenvalue weighted by Crippen LogP contribution is 2.31. The van der Waals surface area contributed by atoms with Gasteiger partial charge < -0.3 is 9.80 Å². The highest BCUT2D eigenvalue weighted by atomic mass is 35.5. The summed E-state index contributed by atoms with van der Waals surface area (Å²) in [5.41, 5.74) is 2.83. The van der Waals surface area contributed by atoms with E-state index in [4.69, 9.17) is 16.6 Å². The van der Waals surface area contributed by atoms with Gasteiger partial charge in [-0.1, -0.05) is 60.1 Å². The monoisotopic (exact) mass is 463 g/mol. The Labute approximate surface area is 196 Å². The minimum atomic E-state index is -0.210. The van der Waals surface area contributed by atoms with Crippen molar-refractivity contribution in [3.63, 3.8) is 0 Å². The molecule has 1 aliphatic heterocycles. The van der Waals surface area contributed by atoms with Gasteiger partial charge >= 0.3 is 0 Å². The molecule has 1 atom stereocenters. The number of amides is 1. The van der Waals surface area contributed by atoms with E-state index < -0.39 is 0 Å². The predicted molar refractivity (Wildman–Crippen MR) is 128 cm³/mol. The van der Waals surface area contributed by atoms with E-state index in [-0.39, 0.29) is 11.9 Å². The molecule has 1 N–H and O–H groups in total. The molecule has 162 valence electrons. The molecule has 4 rings (SSSR count). The fourth-order valence-corrected chi connectivity index (χ4v) is 4.88. The van der Waals surface area contributed by atoms with Crippen molar-refractivity contribution in [3.05, 3.63) is 87.1 Å². The summed E-state index contributed by atoms with van der Waals surface area (Å²) in [4.78, 5) is 22.5. The number of nitriles is 1. The predicted octanol–water partition coefficient (Wildman–Crippen LogP) is 4.97. The van der Waals surface area contributed by atoms with Gasteiger partial charge in [-0.2, -0.15) is 5.26 Å². The number of thiophene rings is 1. The molecule has 32 heavy (non-hydrogen) atoms. The van der Waals surface area contributed by atoms with Gasteiger partial charge in [0.25, 0.3) is 5.91 Å². The number of carbonyl (C=O) groups is 1. The van der Waals surface area contributed by atoms with Gasteiger partial charge in [0.15, 0.2) is 6.19 Å². The van der Waals surface area contributed by atoms with Gasteiger partial charge in [-0.15, -0.1) is 11.3 Å². The van der Waals surface area contributed by atoms with Crippen molar-refractivity contribution in [2.24, 2.45) is 4.99 Å². The van der Waals surface area contributed by atoms with E-state index in [1.807, 2.05) is 82.9 Å². The fourth-order valence-electron chi connectivity index (χ4n) is 3.79. The minimum Gasteiger partial charge on any atom is -0.338 e. The summed E-state index contributed by atoms with van der Waals surface area (Å²) in [5.74, 6) is 0.396. The first-order valence-electron chi connectivity index (χ1n) is 10.2. The summed E-state index contributed by atoms with van der Waals surface area (Å²) in [6.45, 7) is 3.50. The number of nitrogens with zero attached hydrogens (tertiary/aromatic N) is 4. The molecule has 0 radical (unpaired) electrons. The normalized spacial score (nSPS) is 16.5. The molecule has 1 amide bonds. The van der Waals surface area contributed by atoms with Crippen LogP contribution in [-0.2, 0) is 0 Å². The lowest BCUT2D eigenvalue weighted by Gasteiger charge is -2.42. The number of rotatable bonds is 3. The lowest BCUT2D eigenvalue weighted by atomic mass is 10.0. The Morgan fingerprint density at radius 2 is 1.91 bits per heavy atom. The van der Waals surface area contributed by atoms with Crippen molar-refractivity contribution >= 4 is 40.5 Å². The Balaban J connectivity index is 1.67. The quantitative estimate of drug-likeness (QED) is 0.258. The summed E-state index contributed by atoms with van der Waals surface area (Å²) in [6, 6.07) is 19.2. The second-order valence-electron chi connectivity index (χ2n) is 7.43. The van der Waals surface area contributed by atoms with E-state index in [1.165, 1.54) is 11.3 Å². The Morgan fingerprint density at radius 1 is 1.16 bits per heavy atom. The maximum absolute atomic E-state index is 13.3. The Morgan fingerprint density at radius 3 is 2.59 bits per heavy atom. The summed E-state index contributed by atoms with van der Waals surface area (Å²) >= 11 is 7.61. The largest absolute Gasteiger partial charge is 0.338 e. The maximum atomic E-state index is 13.3. The molecule has 0 bridgehead atoms. The topological polar surface area (TPSA) is 71.7 Å². The second kappa shape index (κ2) is 9.86. The molecule has 1 fully saturated rings. The summed E-state index contributed by atoms with van der Waals surface area (Å²) in [6.07, 6.45) is 2.00. The van der Waals surface area contributed by atoms with Crippen LogP contribution in [0.4, 0.5) is 5.69 Å². The average molecular weight is 464 g/mol. The van der Waals surface area contributed by atoms with Crippen molar-refractivity contribution in [3.8, 4) is 6.19 Å². The Hall–Kier alpha value is -3.34. The molecule has 0 saturated carbocycles. The summed E-state index contributed by atoms with van der Waals surface area (Å²) in [5, 5.41) is 14.4. The van der Waals surface area contributed by atoms with Crippen LogP contribution >= 0.6 is 22.9 Å². The van der Waals surface area contributed by atoms with Crippen LogP contribution in [0.25, 0.3) is 0 Å². The van der Waals surface area contributed by atoms with Gasteiger partial charge in [0.05, 0.1) is 16.8 Å². The second-order valence-corrected chi connectivity index (χ2v) is 8.75. The molecule has 3 aromatic rings. The smallest absolute Gasteiger partial charge is 0.266 e. The minimum absolute atomic E-state index is 0.0795. The molecule has 2 heterocycles. The number of aliphatic imine (C=N–C) groups is 1. The molecule has 6 nitrogen and oxygen atoms in total. The molecule has 8 heteroatoms. The number of hydrogen-bond donors (Lipinski definition) is 1. The number of nitrogens with one attached hydrogen (secondary N) is 1. The number of guanidine groups is 1. The molecule has 1 unspecified atom stereocenters. The maximum Gasteiger partial charge on any atom is 0.266 e. The third-order valence-electron chi connectivity index (χ3n) is 5.45. The third kappa shape index (κ3) is 4.62. The van der Waals surface area contributed by atoms with Crippen molar-refractivity contribution < 1.29 is 4.79 Å². The molecular weight excluding hydrogens is 442 g/mol. The molecular formula is C24H22ClN5OS. The van der Waals surface area contributed by atoms with Crippen LogP contribution < -0.4 is 5.32 Å². The van der Waals surface area contributed by atoms with Crippen LogP contribution in [0.3, 0.4) is 0 Å². The highest BCUT2D eigenvalue weighted by Gasteiger charge is 2.34. The van der Waals surface area contributed by atoms with Crippen LogP contribution in [-0.4, -0.2) is 41.3 Å². The lowest BCUT2D eigenvalue weighted by molar-refractivity contribution is 0.0552. The van der Waals surface area contributed by atoms with Crippen LogP contribution in [0.2, 0.25) is 5.02 Å². The number of carbonyl (C=O) groups excluding carboxylic acids is 1. The Kier molecular flexibility index (Phi) is 6.74. The standard InChI is InChI=1S/C24H22ClN5OS/c1-17-7-5-6-10-20(17)28-24(27-16-26)29-12-13-30(23(31)22-19(25)11-14-32-22)21(15-29)18-8-3-2-4-9-18/h2-11,14,21H,12-13,15H2,1H3,(H,27,28). The van der Waals surface area contributed by atoms with Crippen molar-refractivity contribution in [2.45, 2.75) is 13.0 Å². The number of benzene rings is 2. The van der Waals surface area contributed by atoms with Gasteiger partial charge in [0.1, 0.15) is 4.88 Å². The van der Waals surface area contributed by atoms with E-state index in [0.717, 1.165) is 16.8 Å². The Bertz CT molecular complexity index is 1170. The van der Waals surface area contributed by atoms with Gasteiger partial charge in [-0.05, 0) is 35.6 Å². The first-order chi connectivity index (χ1) is 15.6. The molecule has 0 aliphatic carbocycles. The highest BCUT2D eigenvalue weighted by molar-refractivity contribution is 7.12. The van der Waals surface area contributed by atoms with Gasteiger partial charge in [0.2, 0.25) is 5.96 Å². The lowest BCUT2D eigenvalue weighted by Crippen LogP contribution is -2.54. The first-order valence-corrected chi connectivity index (χ1v) is 11.5. The SMILES string of the molecule is Cc1ccccc1N=C(NC#N)N1CCN(C(=O)c2sccc2Cl)C(c2ccccc2)C1. The molecule has 0 spiro atoms. The number of aryl methyl sites for hydroxylation is 1. The van der Waals surface area contributed by atoms with Crippen LogP contribution in [0, 0.1) is 18.4 Å². The average Bonchev–Trinajstić information content (AvgIpc) is 3.25. The van der Waals surface area contributed by atoms with Gasteiger partial charge in [-0.3, -0.25) is 10.1 Å².